The first-order chi connectivity index (χ1) is 9.33. The highest BCUT2D eigenvalue weighted by Gasteiger charge is 2.08. The van der Waals surface area contributed by atoms with Gasteiger partial charge in [-0.3, -0.25) is 5.10 Å². The van der Waals surface area contributed by atoms with Gasteiger partial charge in [0.15, 0.2) is 5.82 Å². The number of anilines is 1. The summed E-state index contributed by atoms with van der Waals surface area (Å²) in [6, 6.07) is 10.2. The van der Waals surface area contributed by atoms with Crippen LogP contribution >= 0.6 is 11.3 Å². The molecule has 5 heteroatoms. The number of nitrogens with one attached hydrogen (secondary N) is 2. The van der Waals surface area contributed by atoms with E-state index >= 15 is 0 Å². The molecule has 2 heterocycles. The monoisotopic (exact) mass is 270 g/mol. The van der Waals surface area contributed by atoms with E-state index < -0.39 is 0 Å². The van der Waals surface area contributed by atoms with Crippen molar-refractivity contribution in [3.63, 3.8) is 0 Å². The van der Waals surface area contributed by atoms with Crippen molar-refractivity contribution >= 4 is 17.0 Å². The zero-order chi connectivity index (χ0) is 13.1. The van der Waals surface area contributed by atoms with Gasteiger partial charge in [0, 0.05) is 17.8 Å². The van der Waals surface area contributed by atoms with Gasteiger partial charge in [-0.25, -0.2) is 4.98 Å². The number of aromatic amines is 1. The van der Waals surface area contributed by atoms with E-state index in [0.29, 0.717) is 0 Å². The predicted octanol–water partition coefficient (Wildman–Crippen LogP) is 3.45. The van der Waals surface area contributed by atoms with Crippen LogP contribution < -0.4 is 5.32 Å². The summed E-state index contributed by atoms with van der Waals surface area (Å²) in [6.07, 6.45) is 0. The number of aryl methyl sites for hydroxylation is 1. The van der Waals surface area contributed by atoms with E-state index in [4.69, 9.17) is 0 Å². The molecule has 0 aliphatic heterocycles. The average Bonchev–Trinajstić information content (AvgIpc) is 3.08. The third-order valence-corrected chi connectivity index (χ3v) is 3.56. The van der Waals surface area contributed by atoms with Gasteiger partial charge in [0.25, 0.3) is 0 Å². The molecule has 0 spiro atoms. The van der Waals surface area contributed by atoms with Crippen LogP contribution in [0.25, 0.3) is 11.4 Å². The zero-order valence-corrected chi connectivity index (χ0v) is 11.4. The maximum absolute atomic E-state index is 4.38. The lowest BCUT2D eigenvalue weighted by Crippen LogP contribution is -2.00. The van der Waals surface area contributed by atoms with E-state index in [9.17, 15) is 0 Å². The summed E-state index contributed by atoms with van der Waals surface area (Å²) in [6.45, 7) is 2.71. The van der Waals surface area contributed by atoms with Gasteiger partial charge in [-0.1, -0.05) is 12.1 Å². The van der Waals surface area contributed by atoms with Gasteiger partial charge in [-0.15, -0.1) is 0 Å². The summed E-state index contributed by atoms with van der Waals surface area (Å²) in [4.78, 5) is 4.38. The Morgan fingerprint density at radius 1 is 1.26 bits per heavy atom. The standard InChI is InChI=1S/C14H14N4S/c1-10-16-14(18-17-10)12-4-2-3-5-13(12)15-8-11-6-7-19-9-11/h2-7,9,15H,8H2,1H3,(H,16,17,18). The molecule has 0 unspecified atom stereocenters. The summed E-state index contributed by atoms with van der Waals surface area (Å²) in [5.41, 5.74) is 3.35. The lowest BCUT2D eigenvalue weighted by molar-refractivity contribution is 1.04. The van der Waals surface area contributed by atoms with Gasteiger partial charge in [0.1, 0.15) is 5.82 Å². The molecule has 1 aromatic carbocycles. The lowest BCUT2D eigenvalue weighted by Gasteiger charge is -2.09. The number of H-pyrrole nitrogens is 1. The van der Waals surface area contributed by atoms with E-state index in [2.05, 4.69) is 37.3 Å². The first kappa shape index (κ1) is 11.9. The Bertz CT molecular complexity index is 658. The van der Waals surface area contributed by atoms with Crippen LogP contribution in [-0.2, 0) is 6.54 Å². The molecule has 0 amide bonds. The maximum Gasteiger partial charge on any atom is 0.183 e. The Morgan fingerprint density at radius 2 is 2.16 bits per heavy atom. The molecule has 0 aliphatic carbocycles. The van der Waals surface area contributed by atoms with Crippen molar-refractivity contribution in [1.82, 2.24) is 15.2 Å². The maximum atomic E-state index is 4.38. The van der Waals surface area contributed by atoms with Crippen molar-refractivity contribution in [2.75, 3.05) is 5.32 Å². The Balaban J connectivity index is 1.85. The fourth-order valence-electron chi connectivity index (χ4n) is 1.89. The van der Waals surface area contributed by atoms with E-state index in [1.807, 2.05) is 31.2 Å². The number of hydrogen-bond acceptors (Lipinski definition) is 4. The number of hydrogen-bond donors (Lipinski definition) is 2. The minimum Gasteiger partial charge on any atom is -0.380 e. The molecular formula is C14H14N4S. The highest BCUT2D eigenvalue weighted by molar-refractivity contribution is 7.07. The molecule has 2 N–H and O–H groups in total. The van der Waals surface area contributed by atoms with Crippen LogP contribution in [0.5, 0.6) is 0 Å². The van der Waals surface area contributed by atoms with E-state index in [-0.39, 0.29) is 0 Å². The van der Waals surface area contributed by atoms with Gasteiger partial charge in [0.2, 0.25) is 0 Å². The van der Waals surface area contributed by atoms with Crippen molar-refractivity contribution in [1.29, 1.82) is 0 Å². The van der Waals surface area contributed by atoms with Crippen molar-refractivity contribution in [3.05, 3.63) is 52.5 Å². The van der Waals surface area contributed by atoms with Crippen molar-refractivity contribution in [2.45, 2.75) is 13.5 Å². The van der Waals surface area contributed by atoms with Gasteiger partial charge >= 0.3 is 0 Å². The normalized spacial score (nSPS) is 10.6. The van der Waals surface area contributed by atoms with Gasteiger partial charge in [-0.2, -0.15) is 16.4 Å². The fraction of sp³-hybridized carbons (Fsp3) is 0.143. The van der Waals surface area contributed by atoms with Crippen LogP contribution in [-0.4, -0.2) is 15.2 Å². The first-order valence-corrected chi connectivity index (χ1v) is 7.00. The fourth-order valence-corrected chi connectivity index (χ4v) is 2.55. The third-order valence-electron chi connectivity index (χ3n) is 2.83. The molecule has 0 saturated carbocycles. The minimum absolute atomic E-state index is 0.728. The zero-order valence-electron chi connectivity index (χ0n) is 10.6. The first-order valence-electron chi connectivity index (χ1n) is 6.06. The van der Waals surface area contributed by atoms with Crippen LogP contribution in [0.3, 0.4) is 0 Å². The molecule has 96 valence electrons. The quantitative estimate of drug-likeness (QED) is 0.763. The summed E-state index contributed by atoms with van der Waals surface area (Å²) in [7, 11) is 0. The molecule has 19 heavy (non-hydrogen) atoms. The molecule has 4 nitrogen and oxygen atoms in total. The highest BCUT2D eigenvalue weighted by atomic mass is 32.1. The van der Waals surface area contributed by atoms with E-state index in [0.717, 1.165) is 29.4 Å². The SMILES string of the molecule is Cc1nc(-c2ccccc2NCc2ccsc2)n[nH]1. The molecule has 0 fully saturated rings. The number of thiophene rings is 1. The second-order valence-corrected chi connectivity index (χ2v) is 5.06. The average molecular weight is 270 g/mol. The summed E-state index contributed by atoms with van der Waals surface area (Å²) >= 11 is 1.71. The van der Waals surface area contributed by atoms with Crippen LogP contribution in [0.2, 0.25) is 0 Å². The van der Waals surface area contributed by atoms with Crippen LogP contribution in [0.1, 0.15) is 11.4 Å². The number of nitrogens with zero attached hydrogens (tertiary/aromatic N) is 2. The van der Waals surface area contributed by atoms with Crippen molar-refractivity contribution in [2.24, 2.45) is 0 Å². The molecule has 0 radical (unpaired) electrons. The number of aromatic nitrogens is 3. The Kier molecular flexibility index (Phi) is 3.29. The number of benzene rings is 1. The second kappa shape index (κ2) is 5.24. The largest absolute Gasteiger partial charge is 0.380 e. The number of para-hydroxylation sites is 1. The Morgan fingerprint density at radius 3 is 2.89 bits per heavy atom. The summed E-state index contributed by atoms with van der Waals surface area (Å²) in [5, 5.41) is 14.8. The van der Waals surface area contributed by atoms with Crippen molar-refractivity contribution < 1.29 is 0 Å². The van der Waals surface area contributed by atoms with Crippen LogP contribution in [0, 0.1) is 6.92 Å². The molecule has 0 atom stereocenters. The molecule has 3 rings (SSSR count). The smallest absolute Gasteiger partial charge is 0.183 e. The van der Waals surface area contributed by atoms with Crippen molar-refractivity contribution in [3.8, 4) is 11.4 Å². The summed E-state index contributed by atoms with van der Waals surface area (Å²) in [5.74, 6) is 1.55. The van der Waals surface area contributed by atoms with Crippen LogP contribution in [0.4, 0.5) is 5.69 Å². The Labute approximate surface area is 115 Å². The van der Waals surface area contributed by atoms with Crippen LogP contribution in [0.15, 0.2) is 41.1 Å². The molecule has 0 bridgehead atoms. The third kappa shape index (κ3) is 2.66. The molecule has 2 aromatic heterocycles. The minimum atomic E-state index is 0.728. The topological polar surface area (TPSA) is 53.6 Å². The number of rotatable bonds is 4. The van der Waals surface area contributed by atoms with E-state index in [1.165, 1.54) is 5.56 Å². The predicted molar refractivity (Wildman–Crippen MR) is 78.2 cm³/mol. The molecular weight excluding hydrogens is 256 g/mol. The summed E-state index contributed by atoms with van der Waals surface area (Å²) < 4.78 is 0. The molecule has 0 aliphatic rings. The lowest BCUT2D eigenvalue weighted by atomic mass is 10.1. The highest BCUT2D eigenvalue weighted by Crippen LogP contribution is 2.25. The van der Waals surface area contributed by atoms with Gasteiger partial charge in [-0.05, 0) is 41.4 Å². The van der Waals surface area contributed by atoms with E-state index in [1.54, 1.807) is 11.3 Å². The Hall–Kier alpha value is -2.14. The molecule has 3 aromatic rings. The second-order valence-electron chi connectivity index (χ2n) is 4.28. The van der Waals surface area contributed by atoms with Gasteiger partial charge < -0.3 is 5.32 Å². The molecule has 0 saturated heterocycles. The van der Waals surface area contributed by atoms with Gasteiger partial charge in [0.05, 0.1) is 0 Å².